The van der Waals surface area contributed by atoms with Crippen LogP contribution in [0.2, 0.25) is 0 Å². The van der Waals surface area contributed by atoms with Crippen LogP contribution in [0.1, 0.15) is 0 Å². The second-order valence-corrected chi connectivity index (χ2v) is 13.3. The van der Waals surface area contributed by atoms with Crippen LogP contribution in [0.5, 0.6) is 0 Å². The zero-order valence-electron chi connectivity index (χ0n) is 27.6. The van der Waals surface area contributed by atoms with Gasteiger partial charge in [0, 0.05) is 49.3 Å². The quantitative estimate of drug-likeness (QED) is 0.186. The molecule has 3 nitrogen and oxygen atoms in total. The lowest BCUT2D eigenvalue weighted by Gasteiger charge is -2.12. The number of furan rings is 1. The summed E-state index contributed by atoms with van der Waals surface area (Å²) < 4.78 is 11.3. The van der Waals surface area contributed by atoms with Gasteiger partial charge in [-0.1, -0.05) is 133 Å². The SMILES string of the molecule is c1ccc(-c2cccc(-n3c4ccccc4c4c3ccc3c5ccccc5n(-c5ccc(-c6cccc7c6oc6ccccc67)cc5)c34)c2)cc1. The van der Waals surface area contributed by atoms with Crippen LogP contribution in [0, 0.1) is 0 Å². The highest BCUT2D eigenvalue weighted by Crippen LogP contribution is 2.43. The first-order valence-electron chi connectivity index (χ1n) is 17.4. The highest BCUT2D eigenvalue weighted by atomic mass is 16.3. The smallest absolute Gasteiger partial charge is 0.143 e. The molecule has 11 rings (SSSR count). The van der Waals surface area contributed by atoms with Gasteiger partial charge in [0.15, 0.2) is 0 Å². The van der Waals surface area contributed by atoms with E-state index in [0.717, 1.165) is 44.4 Å². The third kappa shape index (κ3) is 4.12. The molecule has 0 saturated heterocycles. The van der Waals surface area contributed by atoms with E-state index < -0.39 is 0 Å². The maximum atomic E-state index is 6.41. The second kappa shape index (κ2) is 10.8. The van der Waals surface area contributed by atoms with E-state index in [1.165, 1.54) is 54.7 Å². The van der Waals surface area contributed by atoms with Gasteiger partial charge in [0.05, 0.1) is 22.1 Å². The van der Waals surface area contributed by atoms with Crippen molar-refractivity contribution in [3.8, 4) is 33.6 Å². The molecule has 0 N–H and O–H groups in total. The molecular formula is C48H30N2O. The molecule has 0 radical (unpaired) electrons. The lowest BCUT2D eigenvalue weighted by molar-refractivity contribution is 0.670. The van der Waals surface area contributed by atoms with E-state index in [1.807, 2.05) is 12.1 Å². The Labute approximate surface area is 293 Å². The van der Waals surface area contributed by atoms with Crippen molar-refractivity contribution in [1.29, 1.82) is 0 Å². The molecule has 3 aromatic heterocycles. The second-order valence-electron chi connectivity index (χ2n) is 13.3. The van der Waals surface area contributed by atoms with Crippen LogP contribution < -0.4 is 0 Å². The number of rotatable bonds is 4. The first kappa shape index (κ1) is 28.0. The van der Waals surface area contributed by atoms with E-state index in [-0.39, 0.29) is 0 Å². The van der Waals surface area contributed by atoms with Gasteiger partial charge in [-0.15, -0.1) is 0 Å². The molecule has 0 bridgehead atoms. The van der Waals surface area contributed by atoms with Gasteiger partial charge in [0.2, 0.25) is 0 Å². The molecule has 0 aliphatic carbocycles. The van der Waals surface area contributed by atoms with Gasteiger partial charge in [-0.2, -0.15) is 0 Å². The van der Waals surface area contributed by atoms with Crippen molar-refractivity contribution in [2.24, 2.45) is 0 Å². The van der Waals surface area contributed by atoms with E-state index >= 15 is 0 Å². The molecule has 0 spiro atoms. The number of hydrogen-bond donors (Lipinski definition) is 0. The predicted octanol–water partition coefficient (Wildman–Crippen LogP) is 13.1. The monoisotopic (exact) mass is 650 g/mol. The highest BCUT2D eigenvalue weighted by Gasteiger charge is 2.21. The van der Waals surface area contributed by atoms with E-state index in [1.54, 1.807) is 0 Å². The molecule has 8 aromatic carbocycles. The standard InChI is InChI=1S/C48H30N2O/c1-2-12-31(13-3-1)33-14-10-15-35(30-33)49-43-22-8-5-18-41(43)46-44(49)29-28-39-37-16-4-7-21-42(37)50(47(39)46)34-26-24-32(25-27-34)36-19-11-20-40-38-17-6-9-23-45(38)51-48(36)40/h1-30H. The van der Waals surface area contributed by atoms with Crippen LogP contribution in [0.3, 0.4) is 0 Å². The summed E-state index contributed by atoms with van der Waals surface area (Å²) in [6.07, 6.45) is 0. The van der Waals surface area contributed by atoms with Crippen molar-refractivity contribution >= 4 is 65.6 Å². The van der Waals surface area contributed by atoms with E-state index in [4.69, 9.17) is 4.42 Å². The summed E-state index contributed by atoms with van der Waals surface area (Å²) in [7, 11) is 0. The number of fused-ring (bicyclic) bond motifs is 10. The Hall–Kier alpha value is -6.84. The van der Waals surface area contributed by atoms with Gasteiger partial charge >= 0.3 is 0 Å². The van der Waals surface area contributed by atoms with Crippen LogP contribution in [0.4, 0.5) is 0 Å². The topological polar surface area (TPSA) is 23.0 Å². The number of hydrogen-bond acceptors (Lipinski definition) is 1. The molecule has 0 atom stereocenters. The summed E-state index contributed by atoms with van der Waals surface area (Å²) in [5.74, 6) is 0. The molecular weight excluding hydrogens is 621 g/mol. The van der Waals surface area contributed by atoms with E-state index in [9.17, 15) is 0 Å². The molecule has 0 saturated carbocycles. The average Bonchev–Trinajstić information content (AvgIpc) is 3.86. The Morgan fingerprint density at radius 2 is 1.02 bits per heavy atom. The molecule has 0 unspecified atom stereocenters. The van der Waals surface area contributed by atoms with Crippen molar-refractivity contribution in [2.75, 3.05) is 0 Å². The minimum atomic E-state index is 0.914. The molecule has 3 heterocycles. The number of benzene rings is 8. The molecule has 0 fully saturated rings. The fourth-order valence-corrected chi connectivity index (χ4v) is 8.27. The molecule has 0 aliphatic heterocycles. The first-order chi connectivity index (χ1) is 25.3. The van der Waals surface area contributed by atoms with E-state index in [0.29, 0.717) is 0 Å². The number of nitrogens with zero attached hydrogens (tertiary/aromatic N) is 2. The largest absolute Gasteiger partial charge is 0.455 e. The van der Waals surface area contributed by atoms with Crippen molar-refractivity contribution < 1.29 is 4.42 Å². The van der Waals surface area contributed by atoms with Gasteiger partial charge in [0.25, 0.3) is 0 Å². The van der Waals surface area contributed by atoms with Gasteiger partial charge in [-0.05, 0) is 65.2 Å². The summed E-state index contributed by atoms with van der Waals surface area (Å²) in [6.45, 7) is 0. The number of para-hydroxylation sites is 4. The fraction of sp³-hybridized carbons (Fsp3) is 0. The molecule has 0 aliphatic rings. The Morgan fingerprint density at radius 3 is 1.86 bits per heavy atom. The maximum absolute atomic E-state index is 6.41. The lowest BCUT2D eigenvalue weighted by Crippen LogP contribution is -1.96. The molecule has 0 amide bonds. The third-order valence-electron chi connectivity index (χ3n) is 10.5. The summed E-state index contributed by atoms with van der Waals surface area (Å²) >= 11 is 0. The maximum Gasteiger partial charge on any atom is 0.143 e. The summed E-state index contributed by atoms with van der Waals surface area (Å²) in [5.41, 5.74) is 13.5. The zero-order valence-corrected chi connectivity index (χ0v) is 27.6. The Morgan fingerprint density at radius 1 is 0.353 bits per heavy atom. The van der Waals surface area contributed by atoms with Crippen molar-refractivity contribution in [2.45, 2.75) is 0 Å². The van der Waals surface area contributed by atoms with Gasteiger partial charge in [0.1, 0.15) is 11.2 Å². The first-order valence-corrected chi connectivity index (χ1v) is 17.4. The van der Waals surface area contributed by atoms with Crippen molar-refractivity contribution in [3.63, 3.8) is 0 Å². The summed E-state index contributed by atoms with van der Waals surface area (Å²) in [6, 6.07) is 65.4. The van der Waals surface area contributed by atoms with Crippen molar-refractivity contribution in [1.82, 2.24) is 9.13 Å². The van der Waals surface area contributed by atoms with Crippen LogP contribution >= 0.6 is 0 Å². The summed E-state index contributed by atoms with van der Waals surface area (Å²) in [4.78, 5) is 0. The number of aromatic nitrogens is 2. The van der Waals surface area contributed by atoms with Gasteiger partial charge < -0.3 is 13.6 Å². The molecule has 11 aromatic rings. The normalized spacial score (nSPS) is 11.9. The van der Waals surface area contributed by atoms with Crippen LogP contribution in [-0.2, 0) is 0 Å². The van der Waals surface area contributed by atoms with Crippen LogP contribution in [0.25, 0.3) is 99.2 Å². The van der Waals surface area contributed by atoms with Gasteiger partial charge in [-0.3, -0.25) is 0 Å². The lowest BCUT2D eigenvalue weighted by atomic mass is 10.0. The Kier molecular flexibility index (Phi) is 5.96. The van der Waals surface area contributed by atoms with Gasteiger partial charge in [-0.25, -0.2) is 0 Å². The molecule has 51 heavy (non-hydrogen) atoms. The molecule has 238 valence electrons. The van der Waals surface area contributed by atoms with E-state index in [2.05, 4.69) is 179 Å². The van der Waals surface area contributed by atoms with Crippen LogP contribution in [-0.4, -0.2) is 9.13 Å². The van der Waals surface area contributed by atoms with Crippen LogP contribution in [0.15, 0.2) is 186 Å². The average molecular weight is 651 g/mol. The summed E-state index contributed by atoms with van der Waals surface area (Å²) in [5, 5.41) is 7.26. The minimum absolute atomic E-state index is 0.914. The van der Waals surface area contributed by atoms with Crippen molar-refractivity contribution in [3.05, 3.63) is 182 Å². The third-order valence-corrected chi connectivity index (χ3v) is 10.5. The highest BCUT2D eigenvalue weighted by molar-refractivity contribution is 6.26. The minimum Gasteiger partial charge on any atom is -0.455 e. The zero-order chi connectivity index (χ0) is 33.5. The Bertz CT molecular complexity index is 3120. The predicted molar refractivity (Wildman–Crippen MR) is 213 cm³/mol. The Balaban J connectivity index is 1.16. The molecule has 3 heteroatoms. The fourth-order valence-electron chi connectivity index (χ4n) is 8.27.